The molecule has 1 heterocycles. The van der Waals surface area contributed by atoms with Crippen LogP contribution in [0.15, 0.2) is 42.5 Å². The molecule has 3 rings (SSSR count). The van der Waals surface area contributed by atoms with E-state index in [1.807, 2.05) is 4.90 Å². The van der Waals surface area contributed by atoms with E-state index >= 15 is 0 Å². The molecule has 142 valence electrons. The van der Waals surface area contributed by atoms with Crippen molar-refractivity contribution in [1.29, 1.82) is 5.26 Å². The van der Waals surface area contributed by atoms with E-state index in [9.17, 15) is 17.6 Å². The molecule has 0 N–H and O–H groups in total. The van der Waals surface area contributed by atoms with Crippen LogP contribution in [0.2, 0.25) is 0 Å². The van der Waals surface area contributed by atoms with Gasteiger partial charge in [0.05, 0.1) is 12.2 Å². The molecule has 0 unspecified atom stereocenters. The summed E-state index contributed by atoms with van der Waals surface area (Å²) in [5.41, 5.74) is 0.0110. The van der Waals surface area contributed by atoms with Gasteiger partial charge < -0.3 is 9.64 Å². The lowest BCUT2D eigenvalue weighted by Crippen LogP contribution is -2.35. The molecule has 2 aromatic rings. The van der Waals surface area contributed by atoms with E-state index in [4.69, 9.17) is 10.00 Å². The second-order valence-electron chi connectivity index (χ2n) is 6.51. The smallest absolute Gasteiger partial charge is 0.416 e. The van der Waals surface area contributed by atoms with Crippen molar-refractivity contribution >= 4 is 5.69 Å². The number of alkyl halides is 3. The molecule has 0 aliphatic carbocycles. The van der Waals surface area contributed by atoms with Gasteiger partial charge in [0.25, 0.3) is 0 Å². The molecule has 0 spiro atoms. The zero-order valence-corrected chi connectivity index (χ0v) is 14.5. The molecule has 0 saturated carbocycles. The van der Waals surface area contributed by atoms with E-state index in [2.05, 4.69) is 0 Å². The molecular weight excluding hydrogens is 360 g/mol. The largest absolute Gasteiger partial charge is 0.492 e. The SMILES string of the molecule is N#Cc1c(F)cccc1OCC1CCN(c2ccc(C(F)(F)F)cc2)CC1. The highest BCUT2D eigenvalue weighted by Gasteiger charge is 2.30. The van der Waals surface area contributed by atoms with Crippen LogP contribution in [0.25, 0.3) is 0 Å². The summed E-state index contributed by atoms with van der Waals surface area (Å²) >= 11 is 0. The van der Waals surface area contributed by atoms with Gasteiger partial charge in [-0.3, -0.25) is 0 Å². The predicted octanol–water partition coefficient (Wildman–Crippen LogP) is 5.01. The van der Waals surface area contributed by atoms with Gasteiger partial charge in [0.2, 0.25) is 0 Å². The van der Waals surface area contributed by atoms with Crippen molar-refractivity contribution < 1.29 is 22.3 Å². The summed E-state index contributed by atoms with van der Waals surface area (Å²) in [4.78, 5) is 2.04. The zero-order chi connectivity index (χ0) is 19.4. The second-order valence-corrected chi connectivity index (χ2v) is 6.51. The summed E-state index contributed by atoms with van der Waals surface area (Å²) in [6.07, 6.45) is -2.72. The van der Waals surface area contributed by atoms with Gasteiger partial charge in [0.15, 0.2) is 0 Å². The Morgan fingerprint density at radius 2 is 1.74 bits per heavy atom. The van der Waals surface area contributed by atoms with Gasteiger partial charge in [-0.15, -0.1) is 0 Å². The van der Waals surface area contributed by atoms with E-state index in [-0.39, 0.29) is 17.2 Å². The molecule has 2 aromatic carbocycles. The molecule has 7 heteroatoms. The van der Waals surface area contributed by atoms with Crippen LogP contribution in [0.5, 0.6) is 5.75 Å². The van der Waals surface area contributed by atoms with Crippen LogP contribution >= 0.6 is 0 Å². The lowest BCUT2D eigenvalue weighted by Gasteiger charge is -2.33. The van der Waals surface area contributed by atoms with Crippen molar-refractivity contribution in [1.82, 2.24) is 0 Å². The fourth-order valence-corrected chi connectivity index (χ4v) is 3.16. The highest BCUT2D eigenvalue weighted by atomic mass is 19.4. The van der Waals surface area contributed by atoms with Crippen LogP contribution in [-0.4, -0.2) is 19.7 Å². The number of halogens is 4. The summed E-state index contributed by atoms with van der Waals surface area (Å²) in [5.74, 6) is -0.125. The van der Waals surface area contributed by atoms with Crippen molar-refractivity contribution in [2.75, 3.05) is 24.6 Å². The Hall–Kier alpha value is -2.75. The number of hydrogen-bond donors (Lipinski definition) is 0. The molecule has 0 radical (unpaired) electrons. The van der Waals surface area contributed by atoms with Gasteiger partial charge in [-0.05, 0) is 55.2 Å². The standard InChI is InChI=1S/C20H18F4N2O/c21-18-2-1-3-19(17(18)12-25)27-13-14-8-10-26(11-9-14)16-6-4-15(5-7-16)20(22,23)24/h1-7,14H,8-11,13H2. The highest BCUT2D eigenvalue weighted by molar-refractivity contribution is 5.48. The predicted molar refractivity (Wildman–Crippen MR) is 93.0 cm³/mol. The Kier molecular flexibility index (Phi) is 5.54. The Morgan fingerprint density at radius 3 is 2.33 bits per heavy atom. The van der Waals surface area contributed by atoms with Crippen LogP contribution in [0.4, 0.5) is 23.2 Å². The summed E-state index contributed by atoms with van der Waals surface area (Å²) in [6.45, 7) is 1.78. The maximum Gasteiger partial charge on any atom is 0.416 e. The average molecular weight is 378 g/mol. The van der Waals surface area contributed by atoms with E-state index in [1.54, 1.807) is 12.1 Å². The van der Waals surface area contributed by atoms with Crippen molar-refractivity contribution in [2.45, 2.75) is 19.0 Å². The number of piperidine rings is 1. The summed E-state index contributed by atoms with van der Waals surface area (Å²) in [6, 6.07) is 11.3. The quantitative estimate of drug-likeness (QED) is 0.702. The topological polar surface area (TPSA) is 36.3 Å². The Labute approximate surface area is 154 Å². The molecule has 0 amide bonds. The van der Waals surface area contributed by atoms with Gasteiger partial charge >= 0.3 is 6.18 Å². The summed E-state index contributed by atoms with van der Waals surface area (Å²) < 4.78 is 57.2. The maximum atomic E-state index is 13.6. The Morgan fingerprint density at radius 1 is 1.07 bits per heavy atom. The van der Waals surface area contributed by atoms with E-state index < -0.39 is 17.6 Å². The van der Waals surface area contributed by atoms with Crippen LogP contribution in [0.3, 0.4) is 0 Å². The number of anilines is 1. The number of ether oxygens (including phenoxy) is 1. The van der Waals surface area contributed by atoms with Gasteiger partial charge in [-0.2, -0.15) is 18.4 Å². The van der Waals surface area contributed by atoms with Crippen LogP contribution in [-0.2, 0) is 6.18 Å². The molecule has 1 saturated heterocycles. The van der Waals surface area contributed by atoms with Gasteiger partial charge in [0.1, 0.15) is 23.2 Å². The minimum Gasteiger partial charge on any atom is -0.492 e. The molecule has 1 aliphatic heterocycles. The number of hydrogen-bond acceptors (Lipinski definition) is 3. The van der Waals surface area contributed by atoms with Gasteiger partial charge in [0, 0.05) is 18.8 Å². The first-order chi connectivity index (χ1) is 12.9. The monoisotopic (exact) mass is 378 g/mol. The maximum absolute atomic E-state index is 13.6. The number of benzene rings is 2. The molecule has 3 nitrogen and oxygen atoms in total. The first-order valence-electron chi connectivity index (χ1n) is 8.62. The molecule has 27 heavy (non-hydrogen) atoms. The zero-order valence-electron chi connectivity index (χ0n) is 14.5. The normalized spacial score (nSPS) is 15.4. The van der Waals surface area contributed by atoms with Gasteiger partial charge in [-0.25, -0.2) is 4.39 Å². The lowest BCUT2D eigenvalue weighted by molar-refractivity contribution is -0.137. The number of rotatable bonds is 4. The van der Waals surface area contributed by atoms with Crippen LogP contribution < -0.4 is 9.64 Å². The third-order valence-corrected chi connectivity index (χ3v) is 4.74. The minimum atomic E-state index is -4.33. The first kappa shape index (κ1) is 19.0. The fourth-order valence-electron chi connectivity index (χ4n) is 3.16. The summed E-state index contributed by atoms with van der Waals surface area (Å²) in [7, 11) is 0. The molecule has 1 aliphatic rings. The van der Waals surface area contributed by atoms with Crippen molar-refractivity contribution in [3.8, 4) is 11.8 Å². The molecule has 1 fully saturated rings. The first-order valence-corrected chi connectivity index (χ1v) is 8.62. The van der Waals surface area contributed by atoms with Crippen LogP contribution in [0, 0.1) is 23.1 Å². The number of nitriles is 1. The minimum absolute atomic E-state index is 0.0975. The van der Waals surface area contributed by atoms with Crippen molar-refractivity contribution in [3.05, 3.63) is 59.4 Å². The van der Waals surface area contributed by atoms with E-state index in [0.717, 1.165) is 30.7 Å². The fraction of sp³-hybridized carbons (Fsp3) is 0.350. The lowest BCUT2D eigenvalue weighted by atomic mass is 9.97. The highest BCUT2D eigenvalue weighted by Crippen LogP contribution is 2.31. The third kappa shape index (κ3) is 4.51. The second kappa shape index (κ2) is 7.87. The third-order valence-electron chi connectivity index (χ3n) is 4.74. The van der Waals surface area contributed by atoms with E-state index in [0.29, 0.717) is 19.7 Å². The van der Waals surface area contributed by atoms with Crippen LogP contribution in [0.1, 0.15) is 24.0 Å². The average Bonchev–Trinajstić information content (AvgIpc) is 2.66. The van der Waals surface area contributed by atoms with Crippen molar-refractivity contribution in [3.63, 3.8) is 0 Å². The molecule has 0 atom stereocenters. The van der Waals surface area contributed by atoms with Crippen molar-refractivity contribution in [2.24, 2.45) is 5.92 Å². The number of nitrogens with zero attached hydrogens (tertiary/aromatic N) is 2. The summed E-state index contributed by atoms with van der Waals surface area (Å²) in [5, 5.41) is 9.02. The molecule has 0 aromatic heterocycles. The van der Waals surface area contributed by atoms with Gasteiger partial charge in [-0.1, -0.05) is 6.07 Å². The van der Waals surface area contributed by atoms with E-state index in [1.165, 1.54) is 24.3 Å². The Bertz CT molecular complexity index is 819. The Balaban J connectivity index is 1.54. The molecular formula is C20H18F4N2O. The molecule has 0 bridgehead atoms.